The number of hydrogen-bond donors (Lipinski definition) is 0. The van der Waals surface area contributed by atoms with Gasteiger partial charge < -0.3 is 9.47 Å². The van der Waals surface area contributed by atoms with Gasteiger partial charge in [-0.1, -0.05) is 170 Å². The monoisotopic (exact) mass is 716 g/mol. The molecule has 0 amide bonds. The van der Waals surface area contributed by atoms with Crippen molar-refractivity contribution >= 4 is 49.6 Å². The number of anilines is 3. The van der Waals surface area contributed by atoms with Crippen molar-refractivity contribution in [3.8, 4) is 16.8 Å². The van der Waals surface area contributed by atoms with Crippen LogP contribution in [0.3, 0.4) is 0 Å². The topological polar surface area (TPSA) is 8.17 Å². The fourth-order valence-electron chi connectivity index (χ4n) is 9.13. The molecule has 2 nitrogen and oxygen atoms in total. The van der Waals surface area contributed by atoms with Gasteiger partial charge in [0.05, 0.1) is 22.1 Å². The van der Waals surface area contributed by atoms with Crippen LogP contribution < -0.4 is 4.90 Å². The Morgan fingerprint density at radius 2 is 1.14 bits per heavy atom. The molecule has 1 aliphatic carbocycles. The largest absolute Gasteiger partial charge is 0.310 e. The minimum absolute atomic E-state index is 0.552. The zero-order chi connectivity index (χ0) is 37.6. The SMILES string of the molecule is C=C(/C=C\C=C/C)C1(c2ccc(N(c3ccc4c5ccccc5n(-c5ccccc5)c4c3)c3cccc4ccccc34)cc2)c2ccccc2-c2ccccc21. The molecule has 0 unspecified atom stereocenters. The van der Waals surface area contributed by atoms with E-state index < -0.39 is 5.41 Å². The van der Waals surface area contributed by atoms with Gasteiger partial charge in [0.1, 0.15) is 0 Å². The Labute approximate surface area is 328 Å². The number of fused-ring (bicyclic) bond motifs is 7. The highest BCUT2D eigenvalue weighted by Gasteiger charge is 2.45. The summed E-state index contributed by atoms with van der Waals surface area (Å²) in [7, 11) is 0. The number of benzene rings is 8. The molecule has 0 radical (unpaired) electrons. The van der Waals surface area contributed by atoms with Gasteiger partial charge in [0.15, 0.2) is 0 Å². The van der Waals surface area contributed by atoms with Crippen LogP contribution in [0.15, 0.2) is 225 Å². The summed E-state index contributed by atoms with van der Waals surface area (Å²) in [6.45, 7) is 6.83. The number of nitrogens with zero attached hydrogens (tertiary/aromatic N) is 2. The second-order valence-electron chi connectivity index (χ2n) is 14.5. The van der Waals surface area contributed by atoms with Crippen molar-refractivity contribution in [2.24, 2.45) is 0 Å². The molecule has 0 saturated heterocycles. The molecular weight excluding hydrogens is 677 g/mol. The summed E-state index contributed by atoms with van der Waals surface area (Å²) >= 11 is 0. The van der Waals surface area contributed by atoms with Crippen molar-refractivity contribution in [2.45, 2.75) is 12.3 Å². The Morgan fingerprint density at radius 1 is 0.536 bits per heavy atom. The van der Waals surface area contributed by atoms with Crippen molar-refractivity contribution in [1.29, 1.82) is 0 Å². The fourth-order valence-corrected chi connectivity index (χ4v) is 9.13. The fraction of sp³-hybridized carbons (Fsp3) is 0.0370. The highest BCUT2D eigenvalue weighted by Crippen LogP contribution is 2.56. The maximum atomic E-state index is 4.79. The zero-order valence-electron chi connectivity index (χ0n) is 31.3. The number of hydrogen-bond acceptors (Lipinski definition) is 1. The smallest absolute Gasteiger partial charge is 0.0707 e. The van der Waals surface area contributed by atoms with Crippen LogP contribution in [0.4, 0.5) is 17.1 Å². The van der Waals surface area contributed by atoms with Crippen molar-refractivity contribution < 1.29 is 0 Å². The molecule has 0 fully saturated rings. The predicted octanol–water partition coefficient (Wildman–Crippen LogP) is 14.4. The molecule has 0 N–H and O–H groups in total. The van der Waals surface area contributed by atoms with Gasteiger partial charge in [-0.15, -0.1) is 0 Å². The third-order valence-electron chi connectivity index (χ3n) is 11.5. The van der Waals surface area contributed by atoms with Crippen LogP contribution in [0.5, 0.6) is 0 Å². The lowest BCUT2D eigenvalue weighted by Gasteiger charge is -2.35. The Morgan fingerprint density at radius 3 is 1.89 bits per heavy atom. The van der Waals surface area contributed by atoms with E-state index in [0.29, 0.717) is 0 Å². The lowest BCUT2D eigenvalue weighted by molar-refractivity contribution is 0.770. The van der Waals surface area contributed by atoms with Crippen molar-refractivity contribution in [1.82, 2.24) is 4.57 Å². The maximum Gasteiger partial charge on any atom is 0.0707 e. The van der Waals surface area contributed by atoms with E-state index in [9.17, 15) is 0 Å². The summed E-state index contributed by atoms with van der Waals surface area (Å²) in [6, 6.07) is 68.5. The first-order valence-corrected chi connectivity index (χ1v) is 19.3. The zero-order valence-corrected chi connectivity index (χ0v) is 31.3. The van der Waals surface area contributed by atoms with E-state index >= 15 is 0 Å². The van der Waals surface area contributed by atoms with E-state index in [-0.39, 0.29) is 0 Å². The Kier molecular flexibility index (Phi) is 8.12. The summed E-state index contributed by atoms with van der Waals surface area (Å²) in [5, 5.41) is 4.87. The first-order valence-electron chi connectivity index (χ1n) is 19.3. The molecule has 8 aromatic carbocycles. The number of rotatable bonds is 8. The van der Waals surface area contributed by atoms with E-state index in [1.54, 1.807) is 0 Å². The number of allylic oxidation sites excluding steroid dienone is 5. The van der Waals surface area contributed by atoms with Crippen LogP contribution in [0.1, 0.15) is 23.6 Å². The van der Waals surface area contributed by atoms with Gasteiger partial charge in [0, 0.05) is 33.2 Å². The van der Waals surface area contributed by atoms with Gasteiger partial charge in [-0.05, 0) is 94.2 Å². The Hall–Kier alpha value is -7.16. The molecule has 9 aromatic rings. The van der Waals surface area contributed by atoms with Gasteiger partial charge in [0.25, 0.3) is 0 Å². The third-order valence-corrected chi connectivity index (χ3v) is 11.5. The second kappa shape index (κ2) is 13.6. The molecule has 1 aliphatic rings. The van der Waals surface area contributed by atoms with Gasteiger partial charge in [-0.2, -0.15) is 0 Å². The Balaban J connectivity index is 1.20. The van der Waals surface area contributed by atoms with E-state index in [2.05, 4.69) is 222 Å². The summed E-state index contributed by atoms with van der Waals surface area (Å²) in [6.07, 6.45) is 8.41. The van der Waals surface area contributed by atoms with E-state index in [0.717, 1.165) is 28.3 Å². The van der Waals surface area contributed by atoms with E-state index in [1.165, 1.54) is 60.4 Å². The van der Waals surface area contributed by atoms with Crippen molar-refractivity contribution in [3.63, 3.8) is 0 Å². The maximum absolute atomic E-state index is 4.79. The molecule has 0 bridgehead atoms. The molecule has 266 valence electrons. The highest BCUT2D eigenvalue weighted by atomic mass is 15.1. The van der Waals surface area contributed by atoms with Crippen LogP contribution in [0.25, 0.3) is 49.4 Å². The van der Waals surface area contributed by atoms with Crippen LogP contribution >= 0.6 is 0 Å². The first-order chi connectivity index (χ1) is 27.7. The molecule has 1 aromatic heterocycles. The molecule has 0 aliphatic heterocycles. The standard InChI is InChI=1S/C54H40N2/c1-3-4-6-18-38(2)54(49-27-14-11-24-45(49)46-25-12-15-28-50(46)54)40-31-33-42(34-32-40)55(51-30-17-20-39-19-9-10-23-44(39)51)43-35-36-48-47-26-13-16-29-52(47)56(53(48)37-43)41-21-7-5-8-22-41/h3-37H,2H2,1H3/b4-3-,18-6-. The summed E-state index contributed by atoms with van der Waals surface area (Å²) in [4.78, 5) is 2.42. The van der Waals surface area contributed by atoms with Crippen molar-refractivity contribution in [2.75, 3.05) is 4.90 Å². The molecular formula is C54H40N2. The number of aromatic nitrogens is 1. The van der Waals surface area contributed by atoms with Crippen LogP contribution in [0, 0.1) is 0 Å². The van der Waals surface area contributed by atoms with Crippen LogP contribution in [0.2, 0.25) is 0 Å². The lowest BCUT2D eigenvalue weighted by Crippen LogP contribution is -2.28. The van der Waals surface area contributed by atoms with Gasteiger partial charge in [-0.25, -0.2) is 0 Å². The summed E-state index contributed by atoms with van der Waals surface area (Å²) in [5.41, 5.74) is 13.5. The number of para-hydroxylation sites is 2. The molecule has 2 heteroatoms. The molecule has 10 rings (SSSR count). The average Bonchev–Trinajstić information content (AvgIpc) is 3.75. The molecule has 1 heterocycles. The molecule has 0 spiro atoms. The normalized spacial score (nSPS) is 13.2. The molecule has 0 atom stereocenters. The van der Waals surface area contributed by atoms with Gasteiger partial charge in [0.2, 0.25) is 0 Å². The first kappa shape index (κ1) is 33.4. The minimum Gasteiger partial charge on any atom is -0.310 e. The van der Waals surface area contributed by atoms with Crippen LogP contribution in [-0.4, -0.2) is 4.57 Å². The average molecular weight is 717 g/mol. The van der Waals surface area contributed by atoms with Crippen LogP contribution in [-0.2, 0) is 5.41 Å². The summed E-state index contributed by atoms with van der Waals surface area (Å²) < 4.78 is 2.39. The van der Waals surface area contributed by atoms with Gasteiger partial charge in [-0.3, -0.25) is 0 Å². The second-order valence-corrected chi connectivity index (χ2v) is 14.5. The minimum atomic E-state index is -0.552. The van der Waals surface area contributed by atoms with Crippen molar-refractivity contribution in [3.05, 3.63) is 241 Å². The van der Waals surface area contributed by atoms with Gasteiger partial charge >= 0.3 is 0 Å². The highest BCUT2D eigenvalue weighted by molar-refractivity contribution is 6.11. The quantitative estimate of drug-likeness (QED) is 0.142. The third kappa shape index (κ3) is 5.11. The Bertz CT molecular complexity index is 2950. The van der Waals surface area contributed by atoms with E-state index in [4.69, 9.17) is 6.58 Å². The molecule has 0 saturated carbocycles. The molecule has 56 heavy (non-hydrogen) atoms. The predicted molar refractivity (Wildman–Crippen MR) is 238 cm³/mol. The lowest BCUT2D eigenvalue weighted by atomic mass is 9.67. The van der Waals surface area contributed by atoms with E-state index in [1.807, 2.05) is 6.92 Å². The summed E-state index contributed by atoms with van der Waals surface area (Å²) in [5.74, 6) is 0.